The van der Waals surface area contributed by atoms with E-state index < -0.39 is 162 Å². The highest BCUT2D eigenvalue weighted by Crippen LogP contribution is 2.25. The average molecular weight is 1330 g/mol. The second-order valence-corrected chi connectivity index (χ2v) is 28.9. The number of hydrogen-bond donors (Lipinski definition) is 6. The first-order valence-electron chi connectivity index (χ1n) is 33.5. The van der Waals surface area contributed by atoms with E-state index in [1.54, 1.807) is 60.0 Å². The Bertz CT molecular complexity index is 2690. The van der Waals surface area contributed by atoms with E-state index in [2.05, 4.69) is 26.3 Å². The maximum atomic E-state index is 15.4. The molecule has 2 rings (SSSR count). The maximum Gasteiger partial charge on any atom is 0.329 e. The predicted octanol–water partition coefficient (Wildman–Crippen LogP) is 3.31. The molecule has 1 aliphatic rings. The fraction of sp³-hybridized carbons (Fsp3) is 0.765. The number of nitrogens with one attached hydrogen (secondary N) is 4. The number of pyridine rings is 1. The molecule has 534 valence electrons. The Kier molecular flexibility index (Phi) is 33.6. The summed E-state index contributed by atoms with van der Waals surface area (Å²) in [5, 5.41) is 34.8. The Balaban J connectivity index is 3.04. The standard InChI is InChI=1S/C68H118N12O14/c1-37(2)31-47-63(88)77(21)50(34-40(7)8)59(84)70-45(16)68(93)94-58(43(13)14)67(92)78(22)51(35-41(9)10)61(86)72-48(32-38(3)4)64(89)79(23)55(42(11)12)66(91)80(24)56(57(83)44(15)28-30-74(18)52-27-25-26-29-69-52)62(87)73-54(46(17)81)65(90)75(19)36-53(82)76(20)49(33-39(5)6)60(85)71-47/h25-27,29,37-51,54-58,81,83H,28,30-36H2,1-24H3,(H,70,84)(H,71,85)(H,72,86)(H,73,87)/t44-,45+,46-,47+,48-,49+,50+,51+,54+,55+,56+,57-,58-/m1/s1. The van der Waals surface area contributed by atoms with Crippen LogP contribution in [0.5, 0.6) is 0 Å². The molecule has 13 atom stereocenters. The molecule has 1 aliphatic heterocycles. The van der Waals surface area contributed by atoms with Crippen LogP contribution >= 0.6 is 0 Å². The van der Waals surface area contributed by atoms with Crippen molar-refractivity contribution >= 4 is 70.9 Å². The van der Waals surface area contributed by atoms with Gasteiger partial charge in [-0.05, 0) is 112 Å². The van der Waals surface area contributed by atoms with E-state index in [1.807, 2.05) is 80.2 Å². The minimum absolute atomic E-state index is 0.0685. The van der Waals surface area contributed by atoms with Crippen molar-refractivity contribution in [1.82, 2.24) is 55.7 Å². The summed E-state index contributed by atoms with van der Waals surface area (Å²) >= 11 is 0. The van der Waals surface area contributed by atoms with Crippen LogP contribution < -0.4 is 26.2 Å². The van der Waals surface area contributed by atoms with Crippen molar-refractivity contribution in [1.29, 1.82) is 0 Å². The van der Waals surface area contributed by atoms with Crippen LogP contribution in [0.4, 0.5) is 5.82 Å². The highest BCUT2D eigenvalue weighted by Gasteiger charge is 2.46. The minimum Gasteiger partial charge on any atom is -0.450 e. The number of rotatable bonds is 19. The van der Waals surface area contributed by atoms with Crippen LogP contribution in [0.1, 0.15) is 156 Å². The normalized spacial score (nSPS) is 25.6. The van der Waals surface area contributed by atoms with Gasteiger partial charge in [0, 0.05) is 62.1 Å². The van der Waals surface area contributed by atoms with Crippen LogP contribution in [0.3, 0.4) is 0 Å². The highest BCUT2D eigenvalue weighted by molar-refractivity contribution is 5.99. The number of carbonyl (C=O) groups is 11. The number of cyclic esters (lactones) is 1. The van der Waals surface area contributed by atoms with Gasteiger partial charge < -0.3 is 70.5 Å². The lowest BCUT2D eigenvalue weighted by atomic mass is 9.91. The Morgan fingerprint density at radius 1 is 0.521 bits per heavy atom. The lowest BCUT2D eigenvalue weighted by molar-refractivity contribution is -0.166. The predicted molar refractivity (Wildman–Crippen MR) is 360 cm³/mol. The van der Waals surface area contributed by atoms with Crippen LogP contribution in [0.25, 0.3) is 0 Å². The van der Waals surface area contributed by atoms with Crippen molar-refractivity contribution in [2.75, 3.05) is 67.3 Å². The number of esters is 1. The van der Waals surface area contributed by atoms with Gasteiger partial charge in [-0.25, -0.2) is 9.78 Å². The summed E-state index contributed by atoms with van der Waals surface area (Å²) < 4.78 is 5.91. The van der Waals surface area contributed by atoms with Crippen LogP contribution in [0, 0.1) is 47.3 Å². The molecular formula is C68H118N12O14. The van der Waals surface area contributed by atoms with Crippen LogP contribution in [0.2, 0.25) is 0 Å². The van der Waals surface area contributed by atoms with Gasteiger partial charge in [0.05, 0.1) is 18.8 Å². The first kappa shape index (κ1) is 83.1. The molecule has 1 aromatic rings. The van der Waals surface area contributed by atoms with Gasteiger partial charge in [0.1, 0.15) is 60.2 Å². The van der Waals surface area contributed by atoms with Crippen LogP contribution in [-0.4, -0.2) is 245 Å². The number of anilines is 1. The fourth-order valence-electron chi connectivity index (χ4n) is 11.6. The van der Waals surface area contributed by atoms with Crippen molar-refractivity contribution in [3.8, 4) is 0 Å². The number of ether oxygens (including phenoxy) is 1. The minimum atomic E-state index is -1.79. The number of nitrogens with zero attached hydrogens (tertiary/aromatic N) is 8. The zero-order valence-corrected chi connectivity index (χ0v) is 60.9. The lowest BCUT2D eigenvalue weighted by Crippen LogP contribution is -2.64. The zero-order valence-electron chi connectivity index (χ0n) is 60.9. The van der Waals surface area contributed by atoms with E-state index in [0.717, 1.165) is 14.7 Å². The number of carbonyl (C=O) groups excluding carboxylic acids is 11. The van der Waals surface area contributed by atoms with Crippen molar-refractivity contribution in [2.45, 2.75) is 229 Å². The zero-order chi connectivity index (χ0) is 72.2. The molecule has 1 aromatic heterocycles. The molecule has 0 saturated carbocycles. The summed E-state index contributed by atoms with van der Waals surface area (Å²) in [4.78, 5) is 175. The molecule has 10 amide bonds. The molecular weight excluding hydrogens is 1210 g/mol. The Hall–Kier alpha value is -6.96. The molecule has 94 heavy (non-hydrogen) atoms. The molecule has 0 spiro atoms. The monoisotopic (exact) mass is 1330 g/mol. The van der Waals surface area contributed by atoms with Gasteiger partial charge in [-0.1, -0.05) is 110 Å². The average Bonchev–Trinajstić information content (AvgIpc) is 0.822. The molecule has 1 saturated heterocycles. The second-order valence-electron chi connectivity index (χ2n) is 28.9. The molecule has 0 aromatic carbocycles. The van der Waals surface area contributed by atoms with E-state index >= 15 is 14.4 Å². The van der Waals surface area contributed by atoms with Crippen molar-refractivity contribution in [3.63, 3.8) is 0 Å². The third-order valence-corrected chi connectivity index (χ3v) is 17.3. The quantitative estimate of drug-likeness (QED) is 0.108. The van der Waals surface area contributed by atoms with E-state index in [9.17, 15) is 48.6 Å². The summed E-state index contributed by atoms with van der Waals surface area (Å²) in [5.41, 5.74) is 0. The van der Waals surface area contributed by atoms with Crippen molar-refractivity contribution in [2.24, 2.45) is 47.3 Å². The summed E-state index contributed by atoms with van der Waals surface area (Å²) in [5.74, 6) is -11.2. The van der Waals surface area contributed by atoms with Gasteiger partial charge >= 0.3 is 5.97 Å². The van der Waals surface area contributed by atoms with Gasteiger partial charge in [0.15, 0.2) is 6.10 Å². The molecule has 26 nitrogen and oxygen atoms in total. The third-order valence-electron chi connectivity index (χ3n) is 17.3. The van der Waals surface area contributed by atoms with E-state index in [1.165, 1.54) is 70.8 Å². The lowest BCUT2D eigenvalue weighted by Gasteiger charge is -2.40. The van der Waals surface area contributed by atoms with Crippen molar-refractivity contribution < 1.29 is 67.7 Å². The van der Waals surface area contributed by atoms with E-state index in [4.69, 9.17) is 4.74 Å². The molecule has 6 N–H and O–H groups in total. The van der Waals surface area contributed by atoms with Gasteiger partial charge in [0.25, 0.3) is 5.91 Å². The number of amides is 10. The molecule has 0 radical (unpaired) electrons. The first-order chi connectivity index (χ1) is 43.5. The van der Waals surface area contributed by atoms with Gasteiger partial charge in [-0.3, -0.25) is 47.9 Å². The number of aliphatic hydroxyl groups excluding tert-OH is 2. The third kappa shape index (κ3) is 24.0. The Labute approximate surface area is 560 Å². The van der Waals surface area contributed by atoms with Gasteiger partial charge in [-0.2, -0.15) is 0 Å². The fourth-order valence-corrected chi connectivity index (χ4v) is 11.6. The van der Waals surface area contributed by atoms with Crippen molar-refractivity contribution in [3.05, 3.63) is 24.4 Å². The smallest absolute Gasteiger partial charge is 0.329 e. The SMILES string of the molecule is CC(C)C[C@@H]1NC(=O)[C@H](CC(C)C)N(C)C(=O)CN(C)C(=O)[C@H]([C@@H](C)O)NC(=O)[C@H]([C@H](O)[C@H](C)CCN(C)c2ccccn2)N(C)C(=O)[C@H](C(C)C)N(C)C(=O)[C@@H](CC(C)C)NC(=O)[C@H](CC(C)C)N(C)C(=O)[C@@H](C(C)C)OC(=O)[C@H](C)NC(=O)[C@H](CC(C)C)N(C)C1=O. The number of hydrogen-bond acceptors (Lipinski definition) is 16. The largest absolute Gasteiger partial charge is 0.450 e. The first-order valence-corrected chi connectivity index (χ1v) is 33.5. The summed E-state index contributed by atoms with van der Waals surface area (Å²) in [6, 6.07) is -7.03. The maximum absolute atomic E-state index is 15.4. The van der Waals surface area contributed by atoms with Crippen LogP contribution in [0.15, 0.2) is 24.4 Å². The Morgan fingerprint density at radius 2 is 0.957 bits per heavy atom. The number of aromatic nitrogens is 1. The number of aliphatic hydroxyl groups is 2. The van der Waals surface area contributed by atoms with Gasteiger partial charge in [-0.15, -0.1) is 0 Å². The summed E-state index contributed by atoms with van der Waals surface area (Å²) in [6.45, 7) is 29.0. The Morgan fingerprint density at radius 3 is 1.38 bits per heavy atom. The van der Waals surface area contributed by atoms with E-state index in [0.29, 0.717) is 12.4 Å². The van der Waals surface area contributed by atoms with Crippen LogP contribution in [-0.2, 0) is 57.5 Å². The second kappa shape index (κ2) is 38.0. The molecule has 1 fully saturated rings. The summed E-state index contributed by atoms with van der Waals surface area (Å²) in [7, 11) is 9.93. The van der Waals surface area contributed by atoms with E-state index in [-0.39, 0.29) is 68.1 Å². The summed E-state index contributed by atoms with van der Waals surface area (Å²) in [6.07, 6.45) is -2.39. The molecule has 0 bridgehead atoms. The number of likely N-dealkylation sites (N-methyl/N-ethyl adjacent to an activating group) is 6. The topological polar surface area (TPSA) is 321 Å². The molecule has 0 unspecified atom stereocenters. The molecule has 0 aliphatic carbocycles. The highest BCUT2D eigenvalue weighted by atomic mass is 16.6. The van der Waals surface area contributed by atoms with Gasteiger partial charge in [0.2, 0.25) is 53.2 Å². The molecule has 26 heteroatoms. The molecule has 2 heterocycles.